The van der Waals surface area contributed by atoms with Crippen molar-refractivity contribution in [1.29, 1.82) is 0 Å². The SMILES string of the molecule is CC(C)(C)Cn1c(=O)c(C(=O)NC2CC2)c(O)n2nc(/C=N/OCc3ccccc3)cc12. The van der Waals surface area contributed by atoms with Crippen LogP contribution in [0.5, 0.6) is 5.88 Å². The minimum absolute atomic E-state index is 0.0511. The van der Waals surface area contributed by atoms with E-state index in [0.29, 0.717) is 24.5 Å². The topological polar surface area (TPSA) is 110 Å². The molecule has 0 atom stereocenters. The summed E-state index contributed by atoms with van der Waals surface area (Å²) in [7, 11) is 0. The van der Waals surface area contributed by atoms with Gasteiger partial charge < -0.3 is 15.3 Å². The predicted octanol–water partition coefficient (Wildman–Crippen LogP) is 2.69. The van der Waals surface area contributed by atoms with E-state index in [0.717, 1.165) is 18.4 Å². The van der Waals surface area contributed by atoms with Gasteiger partial charge in [-0.05, 0) is 23.8 Å². The van der Waals surface area contributed by atoms with E-state index in [2.05, 4.69) is 15.6 Å². The highest BCUT2D eigenvalue weighted by molar-refractivity contribution is 5.96. The molecule has 1 aliphatic rings. The Morgan fingerprint density at radius 1 is 1.31 bits per heavy atom. The van der Waals surface area contributed by atoms with Gasteiger partial charge in [-0.1, -0.05) is 56.3 Å². The molecule has 1 aliphatic carbocycles. The lowest BCUT2D eigenvalue weighted by Gasteiger charge is -2.21. The molecular formula is C23H27N5O4. The lowest BCUT2D eigenvalue weighted by molar-refractivity contribution is 0.0944. The molecule has 168 valence electrons. The third-order valence-corrected chi connectivity index (χ3v) is 4.97. The molecule has 0 spiro atoms. The van der Waals surface area contributed by atoms with Gasteiger partial charge in [0, 0.05) is 18.7 Å². The van der Waals surface area contributed by atoms with Crippen LogP contribution >= 0.6 is 0 Å². The van der Waals surface area contributed by atoms with Crippen LogP contribution < -0.4 is 10.9 Å². The quantitative estimate of drug-likeness (QED) is 0.436. The van der Waals surface area contributed by atoms with E-state index in [1.165, 1.54) is 15.3 Å². The van der Waals surface area contributed by atoms with Crippen molar-refractivity contribution in [3.8, 4) is 5.88 Å². The van der Waals surface area contributed by atoms with E-state index in [-0.39, 0.29) is 17.0 Å². The molecule has 2 heterocycles. The number of carbonyl (C=O) groups is 1. The number of hydrogen-bond acceptors (Lipinski definition) is 6. The first-order chi connectivity index (χ1) is 15.2. The molecule has 3 aromatic rings. The fraction of sp³-hybridized carbons (Fsp3) is 0.391. The summed E-state index contributed by atoms with van der Waals surface area (Å²) < 4.78 is 2.67. The average molecular weight is 438 g/mol. The van der Waals surface area contributed by atoms with Gasteiger partial charge in [0.1, 0.15) is 17.9 Å². The molecule has 32 heavy (non-hydrogen) atoms. The van der Waals surface area contributed by atoms with Gasteiger partial charge >= 0.3 is 0 Å². The standard InChI is InChI=1S/C23H27N5O4/c1-23(2,3)14-27-18-11-17(12-24-32-13-15-7-5-4-6-8-15)26-28(18)22(31)19(21(27)30)20(29)25-16-9-10-16/h4-8,11-12,16,31H,9-10,13-14H2,1-3H3,(H,25,29)/b24-12+. The van der Waals surface area contributed by atoms with Gasteiger partial charge in [0.2, 0.25) is 5.88 Å². The molecule has 4 rings (SSSR count). The Balaban J connectivity index is 1.68. The number of nitrogens with zero attached hydrogens (tertiary/aromatic N) is 4. The second-order valence-electron chi connectivity index (χ2n) is 9.23. The van der Waals surface area contributed by atoms with Gasteiger partial charge in [0.15, 0.2) is 5.56 Å². The van der Waals surface area contributed by atoms with Gasteiger partial charge in [-0.25, -0.2) is 0 Å². The maximum Gasteiger partial charge on any atom is 0.270 e. The van der Waals surface area contributed by atoms with Crippen LogP contribution in [0.4, 0.5) is 0 Å². The molecule has 2 N–H and O–H groups in total. The highest BCUT2D eigenvalue weighted by atomic mass is 16.6. The number of oxime groups is 1. The zero-order valence-corrected chi connectivity index (χ0v) is 18.4. The Bertz CT molecular complexity index is 1220. The van der Waals surface area contributed by atoms with Gasteiger partial charge in [0.05, 0.1) is 6.21 Å². The Hall–Kier alpha value is -3.62. The first-order valence-electron chi connectivity index (χ1n) is 10.6. The van der Waals surface area contributed by atoms with Crippen LogP contribution in [0.25, 0.3) is 5.65 Å². The number of carbonyl (C=O) groups excluding carboxylic acids is 1. The van der Waals surface area contributed by atoms with Crippen LogP contribution in [0.1, 0.15) is 55.2 Å². The van der Waals surface area contributed by atoms with Gasteiger partial charge in [-0.2, -0.15) is 9.61 Å². The van der Waals surface area contributed by atoms with Crippen LogP contribution in [0.15, 0.2) is 46.3 Å². The predicted molar refractivity (Wildman–Crippen MR) is 120 cm³/mol. The maximum atomic E-state index is 13.2. The van der Waals surface area contributed by atoms with E-state index in [4.69, 9.17) is 4.84 Å². The molecule has 1 aromatic carbocycles. The first-order valence-corrected chi connectivity index (χ1v) is 10.6. The van der Waals surface area contributed by atoms with Crippen molar-refractivity contribution in [3.63, 3.8) is 0 Å². The average Bonchev–Trinajstić information content (AvgIpc) is 3.44. The number of aromatic nitrogens is 3. The summed E-state index contributed by atoms with van der Waals surface area (Å²) >= 11 is 0. The van der Waals surface area contributed by atoms with Crippen LogP contribution in [-0.4, -0.2) is 37.5 Å². The minimum atomic E-state index is -0.587. The van der Waals surface area contributed by atoms with Crippen LogP contribution in [-0.2, 0) is 18.0 Å². The highest BCUT2D eigenvalue weighted by Crippen LogP contribution is 2.23. The minimum Gasteiger partial charge on any atom is -0.492 e. The molecule has 2 aromatic heterocycles. The molecule has 0 unspecified atom stereocenters. The highest BCUT2D eigenvalue weighted by Gasteiger charge is 2.30. The Morgan fingerprint density at radius 2 is 2.03 bits per heavy atom. The van der Waals surface area contributed by atoms with E-state index in [1.807, 2.05) is 51.1 Å². The summed E-state index contributed by atoms with van der Waals surface area (Å²) in [5, 5.41) is 21.8. The van der Waals surface area contributed by atoms with Gasteiger partial charge in [-0.3, -0.25) is 14.2 Å². The first kappa shape index (κ1) is 21.6. The molecule has 0 radical (unpaired) electrons. The van der Waals surface area contributed by atoms with Crippen molar-refractivity contribution < 1.29 is 14.7 Å². The molecule has 0 aliphatic heterocycles. The maximum absolute atomic E-state index is 13.2. The van der Waals surface area contributed by atoms with Crippen molar-refractivity contribution in [1.82, 2.24) is 19.5 Å². The smallest absolute Gasteiger partial charge is 0.270 e. The van der Waals surface area contributed by atoms with Gasteiger partial charge in [-0.15, -0.1) is 0 Å². The second kappa shape index (κ2) is 8.49. The summed E-state index contributed by atoms with van der Waals surface area (Å²) in [6.45, 7) is 6.61. The molecule has 0 saturated heterocycles. The zero-order chi connectivity index (χ0) is 22.9. The number of aromatic hydroxyl groups is 1. The molecule has 1 saturated carbocycles. The largest absolute Gasteiger partial charge is 0.492 e. The fourth-order valence-electron chi connectivity index (χ4n) is 3.33. The zero-order valence-electron chi connectivity index (χ0n) is 18.4. The summed E-state index contributed by atoms with van der Waals surface area (Å²) in [5.41, 5.74) is 0.628. The van der Waals surface area contributed by atoms with Crippen molar-refractivity contribution in [2.45, 2.75) is 52.8 Å². The number of fused-ring (bicyclic) bond motifs is 1. The van der Waals surface area contributed by atoms with Crippen molar-refractivity contribution in [2.24, 2.45) is 10.6 Å². The van der Waals surface area contributed by atoms with E-state index in [9.17, 15) is 14.7 Å². The molecule has 1 fully saturated rings. The summed E-state index contributed by atoms with van der Waals surface area (Å²) in [6, 6.07) is 11.3. The van der Waals surface area contributed by atoms with Crippen molar-refractivity contribution in [2.75, 3.05) is 0 Å². The number of benzene rings is 1. The van der Waals surface area contributed by atoms with E-state index in [1.54, 1.807) is 6.07 Å². The van der Waals surface area contributed by atoms with E-state index < -0.39 is 17.3 Å². The van der Waals surface area contributed by atoms with Crippen molar-refractivity contribution in [3.05, 3.63) is 63.6 Å². The fourth-order valence-corrected chi connectivity index (χ4v) is 3.33. The number of nitrogens with one attached hydrogen (secondary N) is 1. The molecule has 9 heteroatoms. The summed E-state index contributed by atoms with van der Waals surface area (Å²) in [4.78, 5) is 31.2. The normalized spacial score (nSPS) is 14.2. The van der Waals surface area contributed by atoms with Crippen LogP contribution in [0.2, 0.25) is 0 Å². The molecule has 9 nitrogen and oxygen atoms in total. The van der Waals surface area contributed by atoms with Crippen LogP contribution in [0.3, 0.4) is 0 Å². The van der Waals surface area contributed by atoms with E-state index >= 15 is 0 Å². The number of rotatable bonds is 7. The molecule has 1 amide bonds. The van der Waals surface area contributed by atoms with Gasteiger partial charge in [0.25, 0.3) is 11.5 Å². The summed E-state index contributed by atoms with van der Waals surface area (Å²) in [6.07, 6.45) is 3.15. The Labute approximate surface area is 185 Å². The Kier molecular flexibility index (Phi) is 5.73. The third kappa shape index (κ3) is 4.82. The second-order valence-corrected chi connectivity index (χ2v) is 9.23. The number of hydrogen-bond donors (Lipinski definition) is 2. The summed E-state index contributed by atoms with van der Waals surface area (Å²) in [5.74, 6) is -1.07. The lowest BCUT2D eigenvalue weighted by Crippen LogP contribution is -2.37. The molecule has 0 bridgehead atoms. The van der Waals surface area contributed by atoms with Crippen molar-refractivity contribution >= 4 is 17.8 Å². The monoisotopic (exact) mass is 437 g/mol. The lowest BCUT2D eigenvalue weighted by atomic mass is 9.97. The Morgan fingerprint density at radius 3 is 2.69 bits per heavy atom. The van der Waals surface area contributed by atoms with Crippen LogP contribution in [0, 0.1) is 5.41 Å². The molecular weight excluding hydrogens is 410 g/mol. The number of amides is 1. The third-order valence-electron chi connectivity index (χ3n) is 4.97.